The molecular formula is C13H25BrN2O2S. The van der Waals surface area contributed by atoms with Gasteiger partial charge in [0.1, 0.15) is 0 Å². The Morgan fingerprint density at radius 2 is 1.95 bits per heavy atom. The fourth-order valence-corrected chi connectivity index (χ4v) is 5.31. The first-order valence-electron chi connectivity index (χ1n) is 7.42. The topological polar surface area (TPSA) is 40.6 Å². The molecule has 1 unspecified atom stereocenters. The van der Waals surface area contributed by atoms with Crippen LogP contribution in [0.3, 0.4) is 0 Å². The molecule has 4 nitrogen and oxygen atoms in total. The van der Waals surface area contributed by atoms with E-state index in [0.29, 0.717) is 13.1 Å². The number of piperidine rings is 1. The third-order valence-electron chi connectivity index (χ3n) is 4.33. The third-order valence-corrected chi connectivity index (χ3v) is 7.10. The van der Waals surface area contributed by atoms with Crippen molar-refractivity contribution < 1.29 is 8.42 Å². The fraction of sp³-hybridized carbons (Fsp3) is 1.00. The summed E-state index contributed by atoms with van der Waals surface area (Å²) in [4.78, 5) is 0. The van der Waals surface area contributed by atoms with Crippen molar-refractivity contribution in [3.63, 3.8) is 0 Å². The van der Waals surface area contributed by atoms with Gasteiger partial charge in [0.15, 0.2) is 0 Å². The predicted octanol–water partition coefficient (Wildman–Crippen LogP) is 2.75. The first-order chi connectivity index (χ1) is 9.07. The highest BCUT2D eigenvalue weighted by atomic mass is 79.9. The van der Waals surface area contributed by atoms with E-state index in [1.807, 2.05) is 6.92 Å². The maximum Gasteiger partial charge on any atom is 0.282 e. The molecule has 0 radical (unpaired) electrons. The van der Waals surface area contributed by atoms with Gasteiger partial charge in [-0.3, -0.25) is 0 Å². The summed E-state index contributed by atoms with van der Waals surface area (Å²) in [6.45, 7) is 3.39. The van der Waals surface area contributed by atoms with Crippen LogP contribution >= 0.6 is 15.9 Å². The van der Waals surface area contributed by atoms with Gasteiger partial charge in [0.25, 0.3) is 10.2 Å². The molecule has 0 bridgehead atoms. The van der Waals surface area contributed by atoms with E-state index in [-0.39, 0.29) is 12.1 Å². The molecule has 112 valence electrons. The molecule has 2 aliphatic rings. The number of alkyl halides is 1. The van der Waals surface area contributed by atoms with E-state index in [1.54, 1.807) is 8.61 Å². The van der Waals surface area contributed by atoms with E-state index < -0.39 is 10.2 Å². The first-order valence-corrected chi connectivity index (χ1v) is 9.94. The third kappa shape index (κ3) is 3.52. The summed E-state index contributed by atoms with van der Waals surface area (Å²) in [6.07, 6.45) is 7.26. The molecule has 0 N–H and O–H groups in total. The second-order valence-corrected chi connectivity index (χ2v) is 8.33. The number of nitrogens with zero attached hydrogens (tertiary/aromatic N) is 2. The molecule has 0 amide bonds. The Kier molecular flexibility index (Phi) is 5.69. The first kappa shape index (κ1) is 15.7. The van der Waals surface area contributed by atoms with Crippen LogP contribution in [-0.4, -0.2) is 47.5 Å². The van der Waals surface area contributed by atoms with Crippen molar-refractivity contribution in [2.75, 3.05) is 18.4 Å². The zero-order valence-corrected chi connectivity index (χ0v) is 14.1. The summed E-state index contributed by atoms with van der Waals surface area (Å²) in [6, 6.07) is 0.406. The largest absolute Gasteiger partial charge is 0.282 e. The van der Waals surface area contributed by atoms with Crippen molar-refractivity contribution >= 4 is 26.1 Å². The van der Waals surface area contributed by atoms with Crippen molar-refractivity contribution in [2.24, 2.45) is 0 Å². The summed E-state index contributed by atoms with van der Waals surface area (Å²) >= 11 is 3.41. The second-order valence-electron chi connectivity index (χ2n) is 5.70. The standard InChI is InChI=1S/C13H25BrN2O2S/c1-12-6-2-3-10-15(12)19(17,18)16(11-5-9-14)13-7-4-8-13/h12-13H,2-11H2,1H3. The SMILES string of the molecule is CC1CCCCN1S(=O)(=O)N(CCCBr)C1CCC1. The highest BCUT2D eigenvalue weighted by Crippen LogP contribution is 2.31. The summed E-state index contributed by atoms with van der Waals surface area (Å²) in [5.41, 5.74) is 0. The van der Waals surface area contributed by atoms with Crippen LogP contribution in [0.1, 0.15) is 51.9 Å². The quantitative estimate of drug-likeness (QED) is 0.689. The van der Waals surface area contributed by atoms with Gasteiger partial charge in [0.2, 0.25) is 0 Å². The molecule has 1 heterocycles. The molecule has 1 atom stereocenters. The Bertz CT molecular complexity index is 384. The van der Waals surface area contributed by atoms with Gasteiger partial charge >= 0.3 is 0 Å². The fourth-order valence-electron chi connectivity index (χ4n) is 2.93. The zero-order valence-electron chi connectivity index (χ0n) is 11.7. The van der Waals surface area contributed by atoms with Crippen molar-refractivity contribution in [2.45, 2.75) is 64.0 Å². The normalized spacial score (nSPS) is 26.6. The average molecular weight is 353 g/mol. The molecule has 2 rings (SSSR count). The lowest BCUT2D eigenvalue weighted by Gasteiger charge is -2.42. The Hall–Kier alpha value is 0.350. The molecule has 0 aromatic heterocycles. The predicted molar refractivity (Wildman–Crippen MR) is 81.7 cm³/mol. The minimum atomic E-state index is -3.26. The molecule has 0 aromatic carbocycles. The zero-order chi connectivity index (χ0) is 13.9. The smallest absolute Gasteiger partial charge is 0.195 e. The van der Waals surface area contributed by atoms with Crippen LogP contribution in [0.4, 0.5) is 0 Å². The van der Waals surface area contributed by atoms with E-state index in [4.69, 9.17) is 0 Å². The molecule has 1 aliphatic carbocycles. The molecule has 19 heavy (non-hydrogen) atoms. The Morgan fingerprint density at radius 1 is 1.21 bits per heavy atom. The van der Waals surface area contributed by atoms with Crippen LogP contribution in [0.15, 0.2) is 0 Å². The number of halogens is 1. The van der Waals surface area contributed by atoms with Gasteiger partial charge in [0, 0.05) is 30.5 Å². The molecule has 6 heteroatoms. The summed E-state index contributed by atoms with van der Waals surface area (Å²) in [7, 11) is -3.26. The summed E-state index contributed by atoms with van der Waals surface area (Å²) < 4.78 is 29.3. The summed E-state index contributed by atoms with van der Waals surface area (Å²) in [5.74, 6) is 0. The second kappa shape index (κ2) is 6.87. The van der Waals surface area contributed by atoms with Crippen molar-refractivity contribution in [3.8, 4) is 0 Å². The van der Waals surface area contributed by atoms with E-state index in [1.165, 1.54) is 6.42 Å². The molecule has 1 aliphatic heterocycles. The molecule has 0 spiro atoms. The van der Waals surface area contributed by atoms with Crippen LogP contribution < -0.4 is 0 Å². The van der Waals surface area contributed by atoms with E-state index in [9.17, 15) is 8.42 Å². The molecule has 2 fully saturated rings. The minimum Gasteiger partial charge on any atom is -0.195 e. The molecule has 1 saturated heterocycles. The number of hydrogen-bond acceptors (Lipinski definition) is 2. The van der Waals surface area contributed by atoms with E-state index in [2.05, 4.69) is 15.9 Å². The van der Waals surface area contributed by atoms with Crippen LogP contribution in [0.5, 0.6) is 0 Å². The van der Waals surface area contributed by atoms with Crippen LogP contribution in [0.2, 0.25) is 0 Å². The Balaban J connectivity index is 2.12. The van der Waals surface area contributed by atoms with Gasteiger partial charge in [-0.05, 0) is 39.0 Å². The lowest BCUT2D eigenvalue weighted by atomic mass is 9.93. The summed E-state index contributed by atoms with van der Waals surface area (Å²) in [5, 5.41) is 0.862. The molecule has 1 saturated carbocycles. The highest BCUT2D eigenvalue weighted by molar-refractivity contribution is 9.09. The van der Waals surface area contributed by atoms with Crippen molar-refractivity contribution in [3.05, 3.63) is 0 Å². The Labute approximate surface area is 125 Å². The van der Waals surface area contributed by atoms with Gasteiger partial charge in [-0.15, -0.1) is 0 Å². The van der Waals surface area contributed by atoms with Crippen LogP contribution in [0, 0.1) is 0 Å². The van der Waals surface area contributed by atoms with Crippen LogP contribution in [0.25, 0.3) is 0 Å². The van der Waals surface area contributed by atoms with Gasteiger partial charge in [-0.25, -0.2) is 0 Å². The van der Waals surface area contributed by atoms with E-state index >= 15 is 0 Å². The number of hydrogen-bond donors (Lipinski definition) is 0. The lowest BCUT2D eigenvalue weighted by Crippen LogP contribution is -2.54. The Morgan fingerprint density at radius 3 is 2.47 bits per heavy atom. The van der Waals surface area contributed by atoms with Gasteiger partial charge < -0.3 is 0 Å². The average Bonchev–Trinajstić information content (AvgIpc) is 2.32. The van der Waals surface area contributed by atoms with Crippen molar-refractivity contribution in [1.82, 2.24) is 8.61 Å². The monoisotopic (exact) mass is 352 g/mol. The van der Waals surface area contributed by atoms with E-state index in [0.717, 1.165) is 43.9 Å². The maximum absolute atomic E-state index is 12.9. The van der Waals surface area contributed by atoms with Gasteiger partial charge in [0.05, 0.1) is 0 Å². The maximum atomic E-state index is 12.9. The van der Waals surface area contributed by atoms with Gasteiger partial charge in [-0.2, -0.15) is 17.0 Å². The highest BCUT2D eigenvalue weighted by Gasteiger charge is 2.39. The van der Waals surface area contributed by atoms with Crippen molar-refractivity contribution in [1.29, 1.82) is 0 Å². The molecular weight excluding hydrogens is 328 g/mol. The van der Waals surface area contributed by atoms with Crippen LogP contribution in [-0.2, 0) is 10.2 Å². The minimum absolute atomic E-state index is 0.158. The lowest BCUT2D eigenvalue weighted by molar-refractivity contribution is 0.185. The van der Waals surface area contributed by atoms with Gasteiger partial charge in [-0.1, -0.05) is 28.8 Å². The number of rotatable bonds is 6. The molecule has 0 aromatic rings.